The smallest absolute Gasteiger partial charge is 0.0126 e. The predicted molar refractivity (Wildman–Crippen MR) is 59.3 cm³/mol. The summed E-state index contributed by atoms with van der Waals surface area (Å²) in [6.07, 6.45) is 3.75. The van der Waals surface area contributed by atoms with Crippen molar-refractivity contribution in [3.8, 4) is 0 Å². The molecule has 0 radical (unpaired) electrons. The molecular formula is C11H23N3. The highest BCUT2D eigenvalue weighted by atomic mass is 15.3. The van der Waals surface area contributed by atoms with Crippen LogP contribution < -0.4 is 5.73 Å². The molecule has 2 N–H and O–H groups in total. The maximum absolute atomic E-state index is 5.81. The summed E-state index contributed by atoms with van der Waals surface area (Å²) in [5.41, 5.74) is 5.81. The molecule has 0 atom stereocenters. The van der Waals surface area contributed by atoms with Crippen LogP contribution in [0.4, 0.5) is 0 Å². The summed E-state index contributed by atoms with van der Waals surface area (Å²) in [5.74, 6) is 0. The molecule has 0 amide bonds. The van der Waals surface area contributed by atoms with Gasteiger partial charge in [0.1, 0.15) is 0 Å². The van der Waals surface area contributed by atoms with Crippen molar-refractivity contribution in [3.05, 3.63) is 0 Å². The Labute approximate surface area is 87.2 Å². The van der Waals surface area contributed by atoms with Crippen LogP contribution in [-0.2, 0) is 0 Å². The van der Waals surface area contributed by atoms with E-state index in [-0.39, 0.29) is 0 Å². The van der Waals surface area contributed by atoms with Crippen LogP contribution in [-0.4, -0.2) is 54.6 Å². The van der Waals surface area contributed by atoms with Crippen molar-refractivity contribution in [1.82, 2.24) is 9.80 Å². The van der Waals surface area contributed by atoms with E-state index >= 15 is 0 Å². The fourth-order valence-corrected chi connectivity index (χ4v) is 2.60. The summed E-state index contributed by atoms with van der Waals surface area (Å²) < 4.78 is 0. The van der Waals surface area contributed by atoms with Gasteiger partial charge >= 0.3 is 0 Å². The van der Waals surface area contributed by atoms with Crippen molar-refractivity contribution in [2.75, 3.05) is 32.7 Å². The van der Waals surface area contributed by atoms with Crippen LogP contribution in [0.3, 0.4) is 0 Å². The van der Waals surface area contributed by atoms with Crippen LogP contribution in [0.1, 0.15) is 26.2 Å². The molecule has 2 fully saturated rings. The van der Waals surface area contributed by atoms with E-state index in [0.29, 0.717) is 6.04 Å². The number of rotatable bonds is 3. The minimum atomic E-state index is 0.494. The van der Waals surface area contributed by atoms with Gasteiger partial charge in [0, 0.05) is 38.3 Å². The van der Waals surface area contributed by atoms with Gasteiger partial charge in [0.25, 0.3) is 0 Å². The lowest BCUT2D eigenvalue weighted by Crippen LogP contribution is -2.56. The molecule has 1 aliphatic heterocycles. The van der Waals surface area contributed by atoms with E-state index in [1.807, 2.05) is 0 Å². The summed E-state index contributed by atoms with van der Waals surface area (Å²) in [5, 5.41) is 0. The third-order valence-corrected chi connectivity index (χ3v) is 3.61. The summed E-state index contributed by atoms with van der Waals surface area (Å²) in [4.78, 5) is 5.21. The van der Waals surface area contributed by atoms with Gasteiger partial charge in [0.05, 0.1) is 0 Å². The zero-order valence-electron chi connectivity index (χ0n) is 9.28. The molecule has 1 saturated carbocycles. The molecular weight excluding hydrogens is 174 g/mol. The molecule has 3 heteroatoms. The van der Waals surface area contributed by atoms with Crippen LogP contribution in [0.25, 0.3) is 0 Å². The molecule has 0 aromatic rings. The van der Waals surface area contributed by atoms with Crippen molar-refractivity contribution in [3.63, 3.8) is 0 Å². The zero-order valence-corrected chi connectivity index (χ0v) is 9.28. The number of hydrogen-bond acceptors (Lipinski definition) is 3. The molecule has 0 aromatic carbocycles. The number of nitrogens with two attached hydrogens (primary N) is 1. The molecule has 1 heterocycles. The maximum atomic E-state index is 5.81. The fourth-order valence-electron chi connectivity index (χ4n) is 2.60. The second-order valence-corrected chi connectivity index (χ2v) is 4.76. The van der Waals surface area contributed by atoms with Crippen LogP contribution in [0, 0.1) is 0 Å². The average molecular weight is 197 g/mol. The van der Waals surface area contributed by atoms with E-state index in [0.717, 1.165) is 6.04 Å². The molecule has 0 bridgehead atoms. The van der Waals surface area contributed by atoms with E-state index in [2.05, 4.69) is 16.7 Å². The molecule has 1 aliphatic carbocycles. The van der Waals surface area contributed by atoms with E-state index in [1.165, 1.54) is 52.0 Å². The second kappa shape index (κ2) is 4.60. The third kappa shape index (κ3) is 2.27. The summed E-state index contributed by atoms with van der Waals surface area (Å²) in [6.45, 7) is 8.59. The first kappa shape index (κ1) is 10.4. The summed E-state index contributed by atoms with van der Waals surface area (Å²) in [7, 11) is 0. The lowest BCUT2D eigenvalue weighted by molar-refractivity contribution is 0.0529. The number of piperazine rings is 1. The van der Waals surface area contributed by atoms with Gasteiger partial charge in [-0.15, -0.1) is 0 Å². The third-order valence-electron chi connectivity index (χ3n) is 3.61. The van der Waals surface area contributed by atoms with E-state index in [9.17, 15) is 0 Å². The average Bonchev–Trinajstić information content (AvgIpc) is 2.15. The lowest BCUT2D eigenvalue weighted by Gasteiger charge is -2.45. The maximum Gasteiger partial charge on any atom is 0.0126 e. The Morgan fingerprint density at radius 3 is 2.29 bits per heavy atom. The molecule has 82 valence electrons. The predicted octanol–water partition coefficient (Wildman–Crippen LogP) is 0.504. The lowest BCUT2D eigenvalue weighted by atomic mass is 9.86. The first-order valence-electron chi connectivity index (χ1n) is 6.01. The van der Waals surface area contributed by atoms with Gasteiger partial charge in [-0.05, 0) is 25.8 Å². The van der Waals surface area contributed by atoms with Gasteiger partial charge in [-0.2, -0.15) is 0 Å². The summed E-state index contributed by atoms with van der Waals surface area (Å²) in [6, 6.07) is 1.31. The second-order valence-electron chi connectivity index (χ2n) is 4.76. The van der Waals surface area contributed by atoms with E-state index < -0.39 is 0 Å². The Balaban J connectivity index is 1.68. The molecule has 2 rings (SSSR count). The standard InChI is InChI=1S/C11H23N3/c1-2-3-13-4-6-14(7-5-13)11-8-10(12)9-11/h10-11H,2-9,12H2,1H3. The Hall–Kier alpha value is -0.120. The first-order valence-corrected chi connectivity index (χ1v) is 6.01. The van der Waals surface area contributed by atoms with Crippen LogP contribution in [0.2, 0.25) is 0 Å². The highest BCUT2D eigenvalue weighted by Gasteiger charge is 2.32. The number of hydrogen-bond donors (Lipinski definition) is 1. The van der Waals surface area contributed by atoms with E-state index in [4.69, 9.17) is 5.73 Å². The minimum Gasteiger partial charge on any atom is -0.328 e. The molecule has 0 spiro atoms. The Morgan fingerprint density at radius 1 is 1.14 bits per heavy atom. The zero-order chi connectivity index (χ0) is 9.97. The Morgan fingerprint density at radius 2 is 1.79 bits per heavy atom. The van der Waals surface area contributed by atoms with Crippen molar-refractivity contribution in [2.45, 2.75) is 38.3 Å². The quantitative estimate of drug-likeness (QED) is 0.715. The topological polar surface area (TPSA) is 32.5 Å². The van der Waals surface area contributed by atoms with Crippen LogP contribution in [0.15, 0.2) is 0 Å². The van der Waals surface area contributed by atoms with Crippen LogP contribution in [0.5, 0.6) is 0 Å². The SMILES string of the molecule is CCCN1CCN(C2CC(N)C2)CC1. The fraction of sp³-hybridized carbons (Fsp3) is 1.00. The van der Waals surface area contributed by atoms with Gasteiger partial charge < -0.3 is 10.6 Å². The molecule has 1 saturated heterocycles. The van der Waals surface area contributed by atoms with Gasteiger partial charge in [0.2, 0.25) is 0 Å². The normalized spacial score (nSPS) is 35.6. The largest absolute Gasteiger partial charge is 0.328 e. The van der Waals surface area contributed by atoms with Gasteiger partial charge in [-0.1, -0.05) is 6.92 Å². The molecule has 0 aromatic heterocycles. The van der Waals surface area contributed by atoms with Crippen molar-refractivity contribution >= 4 is 0 Å². The molecule has 3 nitrogen and oxygen atoms in total. The Kier molecular flexibility index (Phi) is 3.42. The highest BCUT2D eigenvalue weighted by Crippen LogP contribution is 2.24. The van der Waals surface area contributed by atoms with Crippen molar-refractivity contribution < 1.29 is 0 Å². The van der Waals surface area contributed by atoms with Gasteiger partial charge in [-0.25, -0.2) is 0 Å². The van der Waals surface area contributed by atoms with E-state index in [1.54, 1.807) is 0 Å². The van der Waals surface area contributed by atoms with Gasteiger partial charge in [0.15, 0.2) is 0 Å². The number of nitrogens with zero attached hydrogens (tertiary/aromatic N) is 2. The van der Waals surface area contributed by atoms with Crippen LogP contribution >= 0.6 is 0 Å². The summed E-state index contributed by atoms with van der Waals surface area (Å²) >= 11 is 0. The minimum absolute atomic E-state index is 0.494. The molecule has 0 unspecified atom stereocenters. The monoisotopic (exact) mass is 197 g/mol. The molecule has 14 heavy (non-hydrogen) atoms. The van der Waals surface area contributed by atoms with Crippen molar-refractivity contribution in [2.24, 2.45) is 5.73 Å². The first-order chi connectivity index (χ1) is 6.79. The Bertz CT molecular complexity index is 169. The highest BCUT2D eigenvalue weighted by molar-refractivity contribution is 4.91. The van der Waals surface area contributed by atoms with Gasteiger partial charge in [-0.3, -0.25) is 4.90 Å². The van der Waals surface area contributed by atoms with Crippen molar-refractivity contribution in [1.29, 1.82) is 0 Å². The molecule has 2 aliphatic rings.